The first-order valence-corrected chi connectivity index (χ1v) is 8.45. The number of pyridine rings is 1. The molecule has 0 saturated carbocycles. The molecule has 2 heterocycles. The molecule has 0 fully saturated rings. The Bertz CT molecular complexity index is 946. The third-order valence-corrected chi connectivity index (χ3v) is 4.21. The van der Waals surface area contributed by atoms with Crippen molar-refractivity contribution in [2.24, 2.45) is 5.73 Å². The van der Waals surface area contributed by atoms with E-state index in [2.05, 4.69) is 21.9 Å². The van der Waals surface area contributed by atoms with E-state index in [0.29, 0.717) is 35.4 Å². The van der Waals surface area contributed by atoms with Gasteiger partial charge in [0, 0.05) is 36.8 Å². The maximum atomic E-state index is 5.95. The number of methoxy groups -OCH3 is 1. The van der Waals surface area contributed by atoms with Crippen LogP contribution in [0.25, 0.3) is 22.4 Å². The zero-order chi connectivity index (χ0) is 18.5. The molecule has 0 amide bonds. The molecule has 1 aromatic carbocycles. The van der Waals surface area contributed by atoms with E-state index in [1.165, 1.54) is 6.20 Å². The highest BCUT2D eigenvalue weighted by Crippen LogP contribution is 2.22. The summed E-state index contributed by atoms with van der Waals surface area (Å²) in [7, 11) is 1.67. The van der Waals surface area contributed by atoms with Crippen LogP contribution in [-0.2, 0) is 11.3 Å². The SMILES string of the molecule is C=C(N/C(=C\N)c1nc2cnccc2n1CCOC)c1ccc(Cl)cc1. The predicted octanol–water partition coefficient (Wildman–Crippen LogP) is 3.25. The first-order valence-electron chi connectivity index (χ1n) is 8.07. The Morgan fingerprint density at radius 1 is 1.35 bits per heavy atom. The Labute approximate surface area is 157 Å². The van der Waals surface area contributed by atoms with E-state index in [0.717, 1.165) is 16.6 Å². The average Bonchev–Trinajstić information content (AvgIpc) is 3.03. The topological polar surface area (TPSA) is 78.0 Å². The molecule has 0 unspecified atom stereocenters. The number of ether oxygens (including phenoxy) is 1. The number of nitrogens with two attached hydrogens (primary N) is 1. The van der Waals surface area contributed by atoms with E-state index in [1.54, 1.807) is 19.5 Å². The molecule has 0 saturated heterocycles. The number of nitrogens with zero attached hydrogens (tertiary/aromatic N) is 3. The fourth-order valence-electron chi connectivity index (χ4n) is 2.65. The largest absolute Gasteiger partial charge is 0.403 e. The number of imidazole rings is 1. The second-order valence-corrected chi connectivity index (χ2v) is 6.07. The van der Waals surface area contributed by atoms with Crippen LogP contribution in [0.3, 0.4) is 0 Å². The van der Waals surface area contributed by atoms with Gasteiger partial charge in [0.15, 0.2) is 5.82 Å². The van der Waals surface area contributed by atoms with Gasteiger partial charge in [0.1, 0.15) is 5.52 Å². The molecule has 0 aliphatic carbocycles. The van der Waals surface area contributed by atoms with E-state index < -0.39 is 0 Å². The lowest BCUT2D eigenvalue weighted by atomic mass is 10.1. The highest BCUT2D eigenvalue weighted by Gasteiger charge is 2.15. The van der Waals surface area contributed by atoms with Crippen molar-refractivity contribution in [1.82, 2.24) is 19.9 Å². The molecular formula is C19H20ClN5O. The molecule has 26 heavy (non-hydrogen) atoms. The Morgan fingerprint density at radius 3 is 2.81 bits per heavy atom. The fourth-order valence-corrected chi connectivity index (χ4v) is 2.78. The van der Waals surface area contributed by atoms with Crippen molar-refractivity contribution in [1.29, 1.82) is 0 Å². The third-order valence-electron chi connectivity index (χ3n) is 3.96. The number of fused-ring (bicyclic) bond motifs is 1. The van der Waals surface area contributed by atoms with Crippen molar-refractivity contribution in [2.75, 3.05) is 13.7 Å². The number of nitrogens with one attached hydrogen (secondary N) is 1. The Balaban J connectivity index is 1.94. The monoisotopic (exact) mass is 369 g/mol. The maximum Gasteiger partial charge on any atom is 0.159 e. The Kier molecular flexibility index (Phi) is 5.55. The standard InChI is InChI=1S/C19H20ClN5O/c1-13(14-3-5-15(20)6-4-14)23-16(11-21)19-24-17-12-22-8-7-18(17)25(19)9-10-26-2/h3-8,11-12,23H,1,9-10,21H2,2H3/b16-11-. The minimum Gasteiger partial charge on any atom is -0.403 e. The summed E-state index contributed by atoms with van der Waals surface area (Å²) in [5.74, 6) is 0.697. The smallest absolute Gasteiger partial charge is 0.159 e. The maximum absolute atomic E-state index is 5.95. The van der Waals surface area contributed by atoms with Crippen LogP contribution in [0.1, 0.15) is 11.4 Å². The number of rotatable bonds is 7. The van der Waals surface area contributed by atoms with Crippen LogP contribution in [0.4, 0.5) is 0 Å². The van der Waals surface area contributed by atoms with Gasteiger partial charge >= 0.3 is 0 Å². The molecule has 2 aromatic heterocycles. The third kappa shape index (κ3) is 3.71. The van der Waals surface area contributed by atoms with E-state index in [1.807, 2.05) is 34.9 Å². The van der Waals surface area contributed by atoms with Gasteiger partial charge in [-0.15, -0.1) is 0 Å². The number of benzene rings is 1. The van der Waals surface area contributed by atoms with E-state index in [-0.39, 0.29) is 0 Å². The molecule has 3 N–H and O–H groups in total. The number of halogens is 1. The Morgan fingerprint density at radius 2 is 2.12 bits per heavy atom. The van der Waals surface area contributed by atoms with Crippen molar-refractivity contribution < 1.29 is 4.74 Å². The molecular weight excluding hydrogens is 350 g/mol. The Hall–Kier alpha value is -2.83. The normalized spacial score (nSPS) is 11.7. The van der Waals surface area contributed by atoms with Crippen LogP contribution in [0.15, 0.2) is 55.5 Å². The molecule has 3 aromatic rings. The van der Waals surface area contributed by atoms with Crippen LogP contribution in [0.5, 0.6) is 0 Å². The van der Waals surface area contributed by atoms with Crippen LogP contribution in [0, 0.1) is 0 Å². The van der Waals surface area contributed by atoms with Crippen LogP contribution >= 0.6 is 11.6 Å². The lowest BCUT2D eigenvalue weighted by Crippen LogP contribution is -2.17. The summed E-state index contributed by atoms with van der Waals surface area (Å²) in [6.45, 7) is 5.28. The first kappa shape index (κ1) is 18.0. The summed E-state index contributed by atoms with van der Waals surface area (Å²) >= 11 is 5.95. The van der Waals surface area contributed by atoms with E-state index in [4.69, 9.17) is 22.1 Å². The second kappa shape index (κ2) is 8.03. The quantitative estimate of drug-likeness (QED) is 0.668. The van der Waals surface area contributed by atoms with Crippen molar-refractivity contribution in [3.63, 3.8) is 0 Å². The van der Waals surface area contributed by atoms with Gasteiger partial charge in [-0.2, -0.15) is 0 Å². The van der Waals surface area contributed by atoms with Crippen molar-refractivity contribution in [3.05, 3.63) is 71.9 Å². The van der Waals surface area contributed by atoms with E-state index in [9.17, 15) is 0 Å². The molecule has 7 heteroatoms. The van der Waals surface area contributed by atoms with Crippen LogP contribution in [0.2, 0.25) is 5.02 Å². The molecule has 0 aliphatic rings. The lowest BCUT2D eigenvalue weighted by Gasteiger charge is -2.15. The van der Waals surface area contributed by atoms with Crippen LogP contribution < -0.4 is 11.1 Å². The number of hydrogen-bond acceptors (Lipinski definition) is 5. The van der Waals surface area contributed by atoms with Gasteiger partial charge in [-0.05, 0) is 23.8 Å². The molecule has 0 radical (unpaired) electrons. The average molecular weight is 370 g/mol. The predicted molar refractivity (Wildman–Crippen MR) is 105 cm³/mol. The van der Waals surface area contributed by atoms with Crippen molar-refractivity contribution in [3.8, 4) is 0 Å². The molecule has 0 bridgehead atoms. The molecule has 3 rings (SSSR count). The zero-order valence-electron chi connectivity index (χ0n) is 14.4. The summed E-state index contributed by atoms with van der Waals surface area (Å²) in [5, 5.41) is 3.92. The summed E-state index contributed by atoms with van der Waals surface area (Å²) in [6.07, 6.45) is 4.95. The zero-order valence-corrected chi connectivity index (χ0v) is 15.2. The van der Waals surface area contributed by atoms with Gasteiger partial charge in [-0.1, -0.05) is 30.3 Å². The minimum absolute atomic E-state index is 0.552. The summed E-state index contributed by atoms with van der Waals surface area (Å²) in [4.78, 5) is 8.81. The van der Waals surface area contributed by atoms with Gasteiger partial charge < -0.3 is 20.4 Å². The fraction of sp³-hybridized carbons (Fsp3) is 0.158. The first-order chi connectivity index (χ1) is 12.6. The molecule has 0 aliphatic heterocycles. The molecule has 0 spiro atoms. The summed E-state index contributed by atoms with van der Waals surface area (Å²) in [5.41, 5.74) is 9.90. The van der Waals surface area contributed by atoms with Crippen molar-refractivity contribution >= 4 is 34.0 Å². The second-order valence-electron chi connectivity index (χ2n) is 5.64. The number of hydrogen-bond donors (Lipinski definition) is 2. The van der Waals surface area contributed by atoms with Gasteiger partial charge in [-0.25, -0.2) is 4.98 Å². The highest BCUT2D eigenvalue weighted by atomic mass is 35.5. The molecule has 0 atom stereocenters. The summed E-state index contributed by atoms with van der Waals surface area (Å²) in [6, 6.07) is 9.33. The highest BCUT2D eigenvalue weighted by molar-refractivity contribution is 6.30. The van der Waals surface area contributed by atoms with E-state index >= 15 is 0 Å². The van der Waals surface area contributed by atoms with Gasteiger partial charge in [0.05, 0.1) is 24.0 Å². The van der Waals surface area contributed by atoms with Crippen molar-refractivity contribution in [2.45, 2.75) is 6.54 Å². The molecule has 134 valence electrons. The van der Waals surface area contributed by atoms with Gasteiger partial charge in [0.25, 0.3) is 0 Å². The van der Waals surface area contributed by atoms with Crippen LogP contribution in [-0.4, -0.2) is 28.3 Å². The minimum atomic E-state index is 0.552. The van der Waals surface area contributed by atoms with Gasteiger partial charge in [0.2, 0.25) is 0 Å². The lowest BCUT2D eigenvalue weighted by molar-refractivity contribution is 0.188. The van der Waals surface area contributed by atoms with Gasteiger partial charge in [-0.3, -0.25) is 4.98 Å². The molecule has 6 nitrogen and oxygen atoms in total. The number of aromatic nitrogens is 3. The summed E-state index contributed by atoms with van der Waals surface area (Å²) < 4.78 is 7.27.